The van der Waals surface area contributed by atoms with E-state index in [1.807, 2.05) is 17.6 Å². The van der Waals surface area contributed by atoms with E-state index in [1.54, 1.807) is 6.07 Å². The lowest BCUT2D eigenvalue weighted by molar-refractivity contribution is -0.00520. The summed E-state index contributed by atoms with van der Waals surface area (Å²) in [5.74, 6) is 0. The molecule has 2 rings (SSSR count). The third-order valence-electron chi connectivity index (χ3n) is 2.96. The van der Waals surface area contributed by atoms with Crippen molar-refractivity contribution >= 4 is 29.3 Å². The number of halogens is 1. The first-order valence-electron chi connectivity index (χ1n) is 6.22. The monoisotopic (exact) mass is 283 g/mol. The first-order chi connectivity index (χ1) is 9.10. The van der Waals surface area contributed by atoms with Crippen molar-refractivity contribution in [3.05, 3.63) is 23.2 Å². The van der Waals surface area contributed by atoms with Crippen molar-refractivity contribution in [2.75, 3.05) is 18.0 Å². The molecule has 0 saturated carbocycles. The van der Waals surface area contributed by atoms with Crippen molar-refractivity contribution in [1.29, 1.82) is 0 Å². The van der Waals surface area contributed by atoms with E-state index in [0.29, 0.717) is 10.7 Å². The van der Waals surface area contributed by atoms with E-state index in [2.05, 4.69) is 23.7 Å². The molecule has 0 bridgehead atoms. The number of rotatable bonds is 3. The van der Waals surface area contributed by atoms with Crippen LogP contribution >= 0.6 is 11.6 Å². The smallest absolute Gasteiger partial charge is 0.113 e. The van der Waals surface area contributed by atoms with Crippen LogP contribution in [-0.2, 0) is 4.74 Å². The lowest BCUT2D eigenvalue weighted by Crippen LogP contribution is -2.45. The fourth-order valence-electron chi connectivity index (χ4n) is 2.31. The van der Waals surface area contributed by atoms with E-state index in [9.17, 15) is 0 Å². The Hall–Kier alpha value is -1.30. The van der Waals surface area contributed by atoms with E-state index < -0.39 is 0 Å². The Balaban J connectivity index is 2.18. The molecule has 1 saturated heterocycles. The fraction of sp³-hybridized carbons (Fsp3) is 0.462. The van der Waals surface area contributed by atoms with E-state index >= 15 is 0 Å². The second-order valence-corrected chi connectivity index (χ2v) is 5.09. The van der Waals surface area contributed by atoms with Gasteiger partial charge in [0.15, 0.2) is 0 Å². The van der Waals surface area contributed by atoms with Crippen molar-refractivity contribution in [2.24, 2.45) is 4.99 Å². The number of morpholine rings is 1. The molecule has 2 N–H and O–H groups in total. The summed E-state index contributed by atoms with van der Waals surface area (Å²) in [5.41, 5.74) is 3.53. The Morgan fingerprint density at radius 2 is 2.11 bits per heavy atom. The Bertz CT molecular complexity index is 457. The van der Waals surface area contributed by atoms with Crippen molar-refractivity contribution in [3.8, 4) is 0 Å². The molecule has 1 aliphatic heterocycles. The van der Waals surface area contributed by atoms with Gasteiger partial charge < -0.3 is 9.64 Å². The first kappa shape index (κ1) is 14.1. The SMILES string of the molecule is CC1CN(c2ccc(N=CNO)cc2Cl)CC(C)O1. The van der Waals surface area contributed by atoms with Crippen LogP contribution in [0.1, 0.15) is 13.8 Å². The van der Waals surface area contributed by atoms with Crippen LogP contribution in [0.5, 0.6) is 0 Å². The Labute approximate surface area is 117 Å². The lowest BCUT2D eigenvalue weighted by Gasteiger charge is -2.37. The van der Waals surface area contributed by atoms with Gasteiger partial charge >= 0.3 is 0 Å². The summed E-state index contributed by atoms with van der Waals surface area (Å²) in [6, 6.07) is 5.58. The maximum Gasteiger partial charge on any atom is 0.113 e. The van der Waals surface area contributed by atoms with Crippen LogP contribution in [0.25, 0.3) is 0 Å². The molecule has 6 heteroatoms. The van der Waals surface area contributed by atoms with Gasteiger partial charge in [-0.2, -0.15) is 0 Å². The topological polar surface area (TPSA) is 57.1 Å². The quantitative estimate of drug-likeness (QED) is 0.509. The average Bonchev–Trinajstić information content (AvgIpc) is 2.35. The van der Waals surface area contributed by atoms with Gasteiger partial charge in [0, 0.05) is 13.1 Å². The molecule has 1 aliphatic rings. The summed E-state index contributed by atoms with van der Waals surface area (Å²) in [4.78, 5) is 6.21. The largest absolute Gasteiger partial charge is 0.372 e. The number of nitrogens with one attached hydrogen (secondary N) is 1. The predicted octanol–water partition coefficient (Wildman–Crippen LogP) is 2.59. The van der Waals surface area contributed by atoms with Crippen molar-refractivity contribution in [3.63, 3.8) is 0 Å². The average molecular weight is 284 g/mol. The summed E-state index contributed by atoms with van der Waals surface area (Å²) in [6.45, 7) is 5.76. The van der Waals surface area contributed by atoms with Gasteiger partial charge in [-0.1, -0.05) is 11.6 Å². The van der Waals surface area contributed by atoms with E-state index in [1.165, 1.54) is 6.34 Å². The van der Waals surface area contributed by atoms with Crippen molar-refractivity contribution in [1.82, 2.24) is 5.48 Å². The lowest BCUT2D eigenvalue weighted by atomic mass is 10.2. The van der Waals surface area contributed by atoms with Gasteiger partial charge in [0.05, 0.1) is 28.6 Å². The molecule has 2 unspecified atom stereocenters. The number of hydrogen-bond acceptors (Lipinski definition) is 4. The molecule has 19 heavy (non-hydrogen) atoms. The van der Waals surface area contributed by atoms with E-state index in [4.69, 9.17) is 21.5 Å². The van der Waals surface area contributed by atoms with Gasteiger partial charge in [0.25, 0.3) is 0 Å². The van der Waals surface area contributed by atoms with Crippen LogP contribution < -0.4 is 10.4 Å². The molecular formula is C13H18ClN3O2. The molecule has 0 aliphatic carbocycles. The molecule has 0 amide bonds. The second kappa shape index (κ2) is 6.23. The van der Waals surface area contributed by atoms with Crippen LogP contribution in [0, 0.1) is 0 Å². The van der Waals surface area contributed by atoms with Crippen LogP contribution in [0.3, 0.4) is 0 Å². The third kappa shape index (κ3) is 3.59. The third-order valence-corrected chi connectivity index (χ3v) is 3.27. The Morgan fingerprint density at radius 3 is 2.68 bits per heavy atom. The zero-order valence-electron chi connectivity index (χ0n) is 11.0. The molecule has 1 fully saturated rings. The summed E-state index contributed by atoms with van der Waals surface area (Å²) >= 11 is 6.30. The Kier molecular flexibility index (Phi) is 4.63. The van der Waals surface area contributed by atoms with Gasteiger partial charge in [0.2, 0.25) is 0 Å². The molecule has 1 aromatic carbocycles. The van der Waals surface area contributed by atoms with Gasteiger partial charge in [0.1, 0.15) is 6.34 Å². The highest BCUT2D eigenvalue weighted by Gasteiger charge is 2.23. The molecule has 1 aromatic rings. The normalized spacial score (nSPS) is 23.9. The standard InChI is InChI=1S/C13H18ClN3O2/c1-9-6-17(7-10(2)19-9)13-4-3-11(5-12(13)14)15-8-16-18/h3-5,8-10,18H,6-7H2,1-2H3,(H,15,16). The minimum Gasteiger partial charge on any atom is -0.372 e. The maximum atomic E-state index is 8.46. The number of aliphatic imine (C=N–C) groups is 1. The number of ether oxygens (including phenoxy) is 1. The zero-order chi connectivity index (χ0) is 13.8. The molecular weight excluding hydrogens is 266 g/mol. The van der Waals surface area contributed by atoms with Gasteiger partial charge in [-0.25, -0.2) is 4.99 Å². The maximum absolute atomic E-state index is 8.46. The minimum absolute atomic E-state index is 0.191. The molecule has 0 spiro atoms. The van der Waals surface area contributed by atoms with Crippen molar-refractivity contribution in [2.45, 2.75) is 26.1 Å². The van der Waals surface area contributed by atoms with Crippen LogP contribution in [-0.4, -0.2) is 36.8 Å². The summed E-state index contributed by atoms with van der Waals surface area (Å²) in [6.07, 6.45) is 1.58. The first-order valence-corrected chi connectivity index (χ1v) is 6.60. The summed E-state index contributed by atoms with van der Waals surface area (Å²) < 4.78 is 5.71. The van der Waals surface area contributed by atoms with Gasteiger partial charge in [-0.3, -0.25) is 10.7 Å². The number of anilines is 1. The predicted molar refractivity (Wildman–Crippen MR) is 76.7 cm³/mol. The molecule has 2 atom stereocenters. The van der Waals surface area contributed by atoms with E-state index in [-0.39, 0.29) is 12.2 Å². The molecule has 5 nitrogen and oxygen atoms in total. The zero-order valence-corrected chi connectivity index (χ0v) is 11.8. The molecule has 0 radical (unpaired) electrons. The highest BCUT2D eigenvalue weighted by atomic mass is 35.5. The second-order valence-electron chi connectivity index (χ2n) is 4.69. The number of benzene rings is 1. The van der Waals surface area contributed by atoms with Crippen LogP contribution in [0.4, 0.5) is 11.4 Å². The number of hydroxylamine groups is 1. The fourth-order valence-corrected chi connectivity index (χ4v) is 2.60. The summed E-state index contributed by atoms with van der Waals surface area (Å²) in [5, 5.41) is 9.11. The highest BCUT2D eigenvalue weighted by molar-refractivity contribution is 6.33. The number of nitrogens with zero attached hydrogens (tertiary/aromatic N) is 2. The van der Waals surface area contributed by atoms with Gasteiger partial charge in [-0.05, 0) is 32.0 Å². The van der Waals surface area contributed by atoms with Crippen LogP contribution in [0.2, 0.25) is 5.02 Å². The van der Waals surface area contributed by atoms with E-state index in [0.717, 1.165) is 18.8 Å². The van der Waals surface area contributed by atoms with Crippen molar-refractivity contribution < 1.29 is 9.94 Å². The number of hydrogen-bond donors (Lipinski definition) is 2. The highest BCUT2D eigenvalue weighted by Crippen LogP contribution is 2.31. The molecule has 1 heterocycles. The van der Waals surface area contributed by atoms with Gasteiger partial charge in [-0.15, -0.1) is 0 Å². The molecule has 104 valence electrons. The van der Waals surface area contributed by atoms with Crippen LogP contribution in [0.15, 0.2) is 23.2 Å². The molecule has 0 aromatic heterocycles. The summed E-state index contributed by atoms with van der Waals surface area (Å²) in [7, 11) is 0. The minimum atomic E-state index is 0.191. The Morgan fingerprint density at radius 1 is 1.42 bits per heavy atom.